The Morgan fingerprint density at radius 1 is 1.34 bits per heavy atom. The maximum absolute atomic E-state index is 12.9. The first kappa shape index (κ1) is 22.1. The molecule has 1 amide bonds. The molecule has 1 aliphatic heterocycles. The predicted molar refractivity (Wildman–Crippen MR) is 120 cm³/mol. The number of anilines is 2. The summed E-state index contributed by atoms with van der Waals surface area (Å²) in [6, 6.07) is 8.38. The topological polar surface area (TPSA) is 130 Å². The van der Waals surface area contributed by atoms with Crippen LogP contribution in [-0.2, 0) is 0 Å². The van der Waals surface area contributed by atoms with Crippen molar-refractivity contribution in [1.29, 1.82) is 0 Å². The monoisotopic (exact) mass is 457 g/mol. The number of furan rings is 1. The molecule has 2 atom stereocenters. The zero-order valence-electron chi connectivity index (χ0n) is 18.1. The lowest BCUT2D eigenvalue weighted by atomic mass is 10.1. The molecule has 2 aromatic heterocycles. The minimum absolute atomic E-state index is 0.170. The van der Waals surface area contributed by atoms with E-state index in [4.69, 9.17) is 4.42 Å². The Kier molecular flexibility index (Phi) is 6.61. The maximum atomic E-state index is 12.9. The number of phenolic OH excluding ortho intramolecular Hbond substituents is 1. The molecule has 1 saturated heterocycles. The standard InChI is InChI=1S/C22H27N5O4S/c1-3-16(18-11-10-14(2)31-18)23-20-21(26-32(30)25-20)24-17-9-7-8-15(19(17)28)22(29)27-12-5-4-6-13-27/h7-11,16,28H,3-6,12-13H2,1-2H3,(H,23,25)(H,24,26)/t16-,32?/m1/s1. The van der Waals surface area contributed by atoms with Gasteiger partial charge in [0, 0.05) is 17.5 Å². The molecule has 32 heavy (non-hydrogen) atoms. The van der Waals surface area contributed by atoms with Gasteiger partial charge in [-0.2, -0.15) is 0 Å². The second kappa shape index (κ2) is 9.58. The lowest BCUT2D eigenvalue weighted by Crippen LogP contribution is -2.35. The Balaban J connectivity index is 1.63. The van der Waals surface area contributed by atoms with E-state index in [-0.39, 0.29) is 29.1 Å². The van der Waals surface area contributed by atoms with Crippen molar-refractivity contribution in [1.82, 2.24) is 13.6 Å². The van der Waals surface area contributed by atoms with Crippen LogP contribution >= 0.6 is 11.1 Å². The number of aromatic hydroxyl groups is 1. The van der Waals surface area contributed by atoms with Gasteiger partial charge < -0.3 is 24.3 Å². The summed E-state index contributed by atoms with van der Waals surface area (Å²) in [6.45, 7) is 5.21. The van der Waals surface area contributed by atoms with E-state index in [9.17, 15) is 14.5 Å². The van der Waals surface area contributed by atoms with E-state index >= 15 is 0 Å². The van der Waals surface area contributed by atoms with E-state index in [0.717, 1.165) is 25.0 Å². The van der Waals surface area contributed by atoms with Crippen LogP contribution in [0.15, 0.2) is 39.7 Å². The van der Waals surface area contributed by atoms with E-state index < -0.39 is 11.1 Å². The Hall–Kier alpha value is -3.11. The molecule has 3 aromatic rings. The van der Waals surface area contributed by atoms with Gasteiger partial charge in [-0.3, -0.25) is 4.79 Å². The van der Waals surface area contributed by atoms with Crippen LogP contribution in [0.25, 0.3) is 0 Å². The number of nitrogens with one attached hydrogen (secondary N) is 2. The molecule has 3 N–H and O–H groups in total. The van der Waals surface area contributed by atoms with Gasteiger partial charge in [0.25, 0.3) is 5.91 Å². The molecule has 0 saturated carbocycles. The molecule has 0 radical (unpaired) electrons. The molecule has 9 nitrogen and oxygen atoms in total. The van der Waals surface area contributed by atoms with Crippen LogP contribution in [0.5, 0.6) is 5.75 Å². The number of hydrogen-bond donors (Lipinski definition) is 3. The van der Waals surface area contributed by atoms with E-state index in [2.05, 4.69) is 19.1 Å². The van der Waals surface area contributed by atoms with Gasteiger partial charge in [-0.1, -0.05) is 13.0 Å². The number of aryl methyl sites for hydroxylation is 1. The highest BCUT2D eigenvalue weighted by molar-refractivity contribution is 7.13. The van der Waals surface area contributed by atoms with E-state index in [1.54, 1.807) is 23.1 Å². The normalized spacial score (nSPS) is 16.3. The number of phenols is 1. The smallest absolute Gasteiger partial charge is 0.257 e. The second-order valence-corrected chi connectivity index (χ2v) is 8.71. The van der Waals surface area contributed by atoms with Crippen molar-refractivity contribution in [3.05, 3.63) is 52.9 Å². The van der Waals surface area contributed by atoms with Gasteiger partial charge in [0.15, 0.2) is 16.9 Å². The van der Waals surface area contributed by atoms with Crippen LogP contribution in [0.3, 0.4) is 0 Å². The second-order valence-electron chi connectivity index (χ2n) is 7.82. The number of carbonyl (C=O) groups is 1. The van der Waals surface area contributed by atoms with Gasteiger partial charge in [-0.25, -0.2) is 4.99 Å². The summed E-state index contributed by atoms with van der Waals surface area (Å²) >= 11 is -1.69. The number of rotatable bonds is 6. The third kappa shape index (κ3) is 4.71. The minimum Gasteiger partial charge on any atom is -0.548 e. The zero-order valence-corrected chi connectivity index (χ0v) is 18.9. The summed E-state index contributed by atoms with van der Waals surface area (Å²) in [5.74, 6) is 1.34. The number of para-hydroxylation sites is 1. The van der Waals surface area contributed by atoms with Crippen LogP contribution in [-0.4, -0.2) is 42.3 Å². The molecule has 170 valence electrons. The number of aromatic nitrogens is 2. The number of amides is 1. The van der Waals surface area contributed by atoms with Gasteiger partial charge in [0.2, 0.25) is 11.3 Å². The molecule has 1 aromatic carbocycles. The average molecular weight is 458 g/mol. The van der Waals surface area contributed by atoms with Gasteiger partial charge in [-0.05, 0) is 56.9 Å². The highest BCUT2D eigenvalue weighted by atomic mass is 32.2. The molecule has 1 aliphatic rings. The van der Waals surface area contributed by atoms with Gasteiger partial charge in [-0.15, -0.1) is 4.37 Å². The molecule has 0 bridgehead atoms. The lowest BCUT2D eigenvalue weighted by Gasteiger charge is -2.27. The molecule has 0 spiro atoms. The molecule has 3 heterocycles. The summed E-state index contributed by atoms with van der Waals surface area (Å²) in [4.78, 5) is 19.3. The Bertz CT molecular complexity index is 1160. The van der Waals surface area contributed by atoms with Crippen molar-refractivity contribution in [2.75, 3.05) is 18.4 Å². The molecule has 4 rings (SSSR count). The summed E-state index contributed by atoms with van der Waals surface area (Å²) in [5, 5.41) is 13.8. The van der Waals surface area contributed by atoms with Crippen molar-refractivity contribution >= 4 is 28.6 Å². The largest absolute Gasteiger partial charge is 0.548 e. The zero-order chi connectivity index (χ0) is 22.7. The molecule has 1 fully saturated rings. The molecular weight excluding hydrogens is 430 g/mol. The van der Waals surface area contributed by atoms with Crippen molar-refractivity contribution in [3.8, 4) is 5.75 Å². The highest BCUT2D eigenvalue weighted by Crippen LogP contribution is 2.31. The molecule has 10 heteroatoms. The van der Waals surface area contributed by atoms with E-state index in [1.807, 2.05) is 26.0 Å². The van der Waals surface area contributed by atoms with Crippen LogP contribution in [0.4, 0.5) is 11.5 Å². The van der Waals surface area contributed by atoms with Crippen molar-refractivity contribution in [2.24, 2.45) is 4.99 Å². The van der Waals surface area contributed by atoms with Crippen LogP contribution in [0.1, 0.15) is 60.5 Å². The summed E-state index contributed by atoms with van der Waals surface area (Å²) in [5.41, 5.74) is 0.818. The van der Waals surface area contributed by atoms with Crippen LogP contribution < -0.4 is 10.8 Å². The Morgan fingerprint density at radius 3 is 2.81 bits per heavy atom. The first-order valence-electron chi connectivity index (χ1n) is 10.8. The highest BCUT2D eigenvalue weighted by Gasteiger charge is 2.23. The Morgan fingerprint density at radius 2 is 2.12 bits per heavy atom. The minimum atomic E-state index is -1.69. The molecule has 1 unspecified atom stereocenters. The number of piperidine rings is 1. The van der Waals surface area contributed by atoms with Gasteiger partial charge >= 0.3 is 0 Å². The third-order valence-electron chi connectivity index (χ3n) is 5.51. The average Bonchev–Trinajstić information content (AvgIpc) is 3.38. The van der Waals surface area contributed by atoms with Crippen LogP contribution in [0, 0.1) is 6.92 Å². The molecule has 0 aliphatic carbocycles. The SMILES string of the molecule is CC[C@@H](N=c1[nH][s+]([O-])nc1Nc1cccc(C(=O)N2CCCCC2)c1O)c1ccc(C)o1. The lowest BCUT2D eigenvalue weighted by molar-refractivity contribution is 0.0721. The summed E-state index contributed by atoms with van der Waals surface area (Å²) in [7, 11) is 0. The van der Waals surface area contributed by atoms with Gasteiger partial charge in [0.1, 0.15) is 17.6 Å². The Labute approximate surface area is 188 Å². The fourth-order valence-corrected chi connectivity index (χ4v) is 4.46. The number of H-pyrrole nitrogens is 1. The number of aromatic amines is 1. The van der Waals surface area contributed by atoms with E-state index in [1.165, 1.54) is 0 Å². The first-order chi connectivity index (χ1) is 15.5. The summed E-state index contributed by atoms with van der Waals surface area (Å²) in [6.07, 6.45) is 3.71. The number of hydrogen-bond acceptors (Lipinski definition) is 7. The fraction of sp³-hybridized carbons (Fsp3) is 0.409. The van der Waals surface area contributed by atoms with Gasteiger partial charge in [0.05, 0.1) is 11.3 Å². The third-order valence-corrected chi connectivity index (χ3v) is 6.22. The number of likely N-dealkylation sites (tertiary alicyclic amines) is 1. The maximum Gasteiger partial charge on any atom is 0.257 e. The fourth-order valence-electron chi connectivity index (χ4n) is 3.81. The number of carbonyl (C=O) groups excluding carboxylic acids is 1. The molecular formula is C22H27N5O4S. The quantitative estimate of drug-likeness (QED) is 0.376. The first-order valence-corrected chi connectivity index (χ1v) is 11.9. The number of benzene rings is 1. The number of nitrogens with zero attached hydrogens (tertiary/aromatic N) is 3. The van der Waals surface area contributed by atoms with Crippen molar-refractivity contribution < 1.29 is 18.9 Å². The summed E-state index contributed by atoms with van der Waals surface area (Å²) < 4.78 is 24.6. The predicted octanol–water partition coefficient (Wildman–Crippen LogP) is 4.17. The van der Waals surface area contributed by atoms with E-state index in [0.29, 0.717) is 36.4 Å². The van der Waals surface area contributed by atoms with Crippen molar-refractivity contribution in [3.63, 3.8) is 0 Å². The van der Waals surface area contributed by atoms with Crippen LogP contribution in [0.2, 0.25) is 0 Å². The van der Waals surface area contributed by atoms with Crippen molar-refractivity contribution in [2.45, 2.75) is 45.6 Å².